The molecule has 0 amide bonds. The minimum absolute atomic E-state index is 0.00667. The number of carbonyl (C=O) groups excluding carboxylic acids is 1. The molecule has 1 unspecified atom stereocenters. The number of Topliss-reactive ketones (excluding diaryl/α,β-unsaturated/α-hetero) is 1. The number of hydrogen-bond donors (Lipinski definition) is 0. The number of fused-ring (bicyclic) bond motifs is 1. The molecule has 0 aliphatic carbocycles. The molecule has 34 heavy (non-hydrogen) atoms. The third-order valence-corrected chi connectivity index (χ3v) is 9.28. The van der Waals surface area contributed by atoms with Crippen LogP contribution in [0.2, 0.25) is 5.02 Å². The maximum Gasteiger partial charge on any atom is 0.186 e. The fourth-order valence-corrected chi connectivity index (χ4v) is 6.89. The lowest BCUT2D eigenvalue weighted by Crippen LogP contribution is -2.45. The highest BCUT2D eigenvalue weighted by Gasteiger charge is 2.31. The fourth-order valence-electron chi connectivity index (χ4n) is 4.33. The van der Waals surface area contributed by atoms with Crippen molar-refractivity contribution >= 4 is 54.3 Å². The second kappa shape index (κ2) is 10.6. The Bertz CT molecular complexity index is 1360. The number of aryl methyl sites for hydroxylation is 1. The first kappa shape index (κ1) is 24.9. The second-order valence-electron chi connectivity index (χ2n) is 8.74. The van der Waals surface area contributed by atoms with E-state index in [0.717, 1.165) is 59.3 Å². The molecule has 6 nitrogen and oxygen atoms in total. The van der Waals surface area contributed by atoms with Crippen molar-refractivity contribution in [2.24, 2.45) is 12.0 Å². The van der Waals surface area contributed by atoms with Crippen molar-refractivity contribution in [1.29, 1.82) is 0 Å². The third-order valence-electron chi connectivity index (χ3n) is 6.18. The molecule has 1 fully saturated rings. The zero-order valence-corrected chi connectivity index (χ0v) is 21.9. The molecule has 182 valence electrons. The predicted molar refractivity (Wildman–Crippen MR) is 140 cm³/mol. The molecule has 0 spiro atoms. The Morgan fingerprint density at radius 2 is 1.94 bits per heavy atom. The van der Waals surface area contributed by atoms with Gasteiger partial charge >= 0.3 is 0 Å². The molecule has 1 atom stereocenters. The quantitative estimate of drug-likeness (QED) is 0.420. The Morgan fingerprint density at radius 3 is 2.74 bits per heavy atom. The summed E-state index contributed by atoms with van der Waals surface area (Å²) in [5.74, 6) is -0.205. The molecule has 2 aromatic carbocycles. The van der Waals surface area contributed by atoms with Crippen LogP contribution in [0.15, 0.2) is 52.5 Å². The molecule has 2 heterocycles. The molecule has 0 bridgehead atoms. The largest absolute Gasteiger partial charge is 0.352 e. The fraction of sp³-hybridized carbons (Fsp3) is 0.440. The molecule has 1 aromatic heterocycles. The molecule has 1 aliphatic heterocycles. The highest BCUT2D eigenvalue weighted by atomic mass is 35.5. The van der Waals surface area contributed by atoms with Gasteiger partial charge in [-0.1, -0.05) is 42.0 Å². The van der Waals surface area contributed by atoms with E-state index in [4.69, 9.17) is 11.6 Å². The smallest absolute Gasteiger partial charge is 0.186 e. The Labute approximate surface area is 209 Å². The van der Waals surface area contributed by atoms with Crippen LogP contribution in [0.5, 0.6) is 0 Å². The molecular formula is C25H30ClN3O3S2. The van der Waals surface area contributed by atoms with Gasteiger partial charge in [-0.2, -0.15) is 0 Å². The van der Waals surface area contributed by atoms with Gasteiger partial charge in [-0.05, 0) is 60.7 Å². The Morgan fingerprint density at radius 1 is 1.18 bits per heavy atom. The highest BCUT2D eigenvalue weighted by molar-refractivity contribution is 7.91. The van der Waals surface area contributed by atoms with Crippen molar-refractivity contribution in [1.82, 2.24) is 4.57 Å². The number of piperidine rings is 1. The lowest BCUT2D eigenvalue weighted by atomic mass is 9.97. The first-order chi connectivity index (χ1) is 16.3. The van der Waals surface area contributed by atoms with E-state index in [0.29, 0.717) is 5.02 Å². The standard InChI is InChI=1S/C25H30ClN3O3S2/c1-3-12-27-25-28(2)17-24(33-25)29-13-5-4-6-22(29)23(30)11-14-34(31,32)21-10-8-18-15-20(26)9-7-19(18)16-21/h7-10,15-17,22H,3-6,11-14H2,1-2H3. The second-order valence-corrected chi connectivity index (χ2v) is 12.3. The van der Waals surface area contributed by atoms with E-state index in [2.05, 4.69) is 16.8 Å². The minimum Gasteiger partial charge on any atom is -0.352 e. The van der Waals surface area contributed by atoms with Crippen LogP contribution in [0.25, 0.3) is 10.8 Å². The number of carbonyl (C=O) groups is 1. The van der Waals surface area contributed by atoms with Gasteiger partial charge in [0.25, 0.3) is 0 Å². The summed E-state index contributed by atoms with van der Waals surface area (Å²) in [5, 5.41) is 3.32. The lowest BCUT2D eigenvalue weighted by Gasteiger charge is -2.35. The maximum atomic E-state index is 13.2. The van der Waals surface area contributed by atoms with Gasteiger partial charge in [0.2, 0.25) is 0 Å². The normalized spacial score (nSPS) is 17.4. The van der Waals surface area contributed by atoms with Gasteiger partial charge in [0, 0.05) is 37.8 Å². The maximum absolute atomic E-state index is 13.2. The SMILES string of the molecule is CCCN=c1sc(N2CCCCC2C(=O)CCS(=O)(=O)c2ccc3cc(Cl)ccc3c2)cn1C. The van der Waals surface area contributed by atoms with Crippen LogP contribution in [0.4, 0.5) is 5.00 Å². The number of nitrogens with zero attached hydrogens (tertiary/aromatic N) is 3. The average Bonchev–Trinajstić information content (AvgIpc) is 3.21. The van der Waals surface area contributed by atoms with Crippen LogP contribution in [0, 0.1) is 0 Å². The molecule has 1 saturated heterocycles. The number of halogens is 1. The van der Waals surface area contributed by atoms with Crippen molar-refractivity contribution in [3.05, 3.63) is 52.4 Å². The lowest BCUT2D eigenvalue weighted by molar-refractivity contribution is -0.120. The topological polar surface area (TPSA) is 71.7 Å². The molecule has 9 heteroatoms. The molecule has 0 saturated carbocycles. The van der Waals surface area contributed by atoms with Crippen LogP contribution in [0.1, 0.15) is 39.0 Å². The van der Waals surface area contributed by atoms with E-state index < -0.39 is 9.84 Å². The summed E-state index contributed by atoms with van der Waals surface area (Å²) in [6, 6.07) is 10.1. The van der Waals surface area contributed by atoms with E-state index in [1.807, 2.05) is 23.9 Å². The van der Waals surface area contributed by atoms with E-state index in [1.165, 1.54) is 0 Å². The third kappa shape index (κ3) is 5.56. The Balaban J connectivity index is 1.49. The minimum atomic E-state index is -3.58. The molecular weight excluding hydrogens is 490 g/mol. The molecule has 0 N–H and O–H groups in total. The summed E-state index contributed by atoms with van der Waals surface area (Å²) in [4.78, 5) is 21.2. The zero-order valence-electron chi connectivity index (χ0n) is 19.5. The van der Waals surface area contributed by atoms with Gasteiger partial charge in [-0.3, -0.25) is 9.79 Å². The van der Waals surface area contributed by atoms with Crippen LogP contribution < -0.4 is 9.70 Å². The molecule has 1 aliphatic rings. The number of aromatic nitrogens is 1. The van der Waals surface area contributed by atoms with Gasteiger partial charge in [-0.15, -0.1) is 0 Å². The van der Waals surface area contributed by atoms with Gasteiger partial charge in [0.1, 0.15) is 5.00 Å². The first-order valence-corrected chi connectivity index (χ1v) is 14.5. The number of hydrogen-bond acceptors (Lipinski definition) is 6. The summed E-state index contributed by atoms with van der Waals surface area (Å²) in [5.41, 5.74) is 0. The number of anilines is 1. The number of sulfone groups is 1. The Hall–Kier alpha value is -2.16. The summed E-state index contributed by atoms with van der Waals surface area (Å²) < 4.78 is 28.1. The average molecular weight is 520 g/mol. The number of rotatable bonds is 8. The molecule has 3 aromatic rings. The van der Waals surface area contributed by atoms with E-state index in [-0.39, 0.29) is 28.9 Å². The highest BCUT2D eigenvalue weighted by Crippen LogP contribution is 2.29. The number of ketones is 1. The van der Waals surface area contributed by atoms with E-state index >= 15 is 0 Å². The van der Waals surface area contributed by atoms with Crippen LogP contribution in [0.3, 0.4) is 0 Å². The van der Waals surface area contributed by atoms with Gasteiger partial charge in [0.15, 0.2) is 20.4 Å². The number of thiazole rings is 1. The van der Waals surface area contributed by atoms with Gasteiger partial charge in [-0.25, -0.2) is 8.42 Å². The summed E-state index contributed by atoms with van der Waals surface area (Å²) in [6.45, 7) is 3.67. The van der Waals surface area contributed by atoms with Crippen molar-refractivity contribution in [2.45, 2.75) is 50.0 Å². The van der Waals surface area contributed by atoms with Crippen molar-refractivity contribution in [3.8, 4) is 0 Å². The Kier molecular flexibility index (Phi) is 7.80. The summed E-state index contributed by atoms with van der Waals surface area (Å²) in [6.07, 6.45) is 5.76. The van der Waals surface area contributed by atoms with Crippen LogP contribution >= 0.6 is 22.9 Å². The van der Waals surface area contributed by atoms with Crippen LogP contribution in [-0.4, -0.2) is 43.7 Å². The zero-order chi connectivity index (χ0) is 24.3. The van der Waals surface area contributed by atoms with Gasteiger partial charge < -0.3 is 9.47 Å². The summed E-state index contributed by atoms with van der Waals surface area (Å²) in [7, 11) is -1.61. The van der Waals surface area contributed by atoms with E-state index in [9.17, 15) is 13.2 Å². The molecule has 0 radical (unpaired) electrons. The van der Waals surface area contributed by atoms with Crippen molar-refractivity contribution in [2.75, 3.05) is 23.7 Å². The molecule has 4 rings (SSSR count). The monoisotopic (exact) mass is 519 g/mol. The van der Waals surface area contributed by atoms with E-state index in [1.54, 1.807) is 41.7 Å². The first-order valence-electron chi connectivity index (χ1n) is 11.7. The predicted octanol–water partition coefficient (Wildman–Crippen LogP) is 5.00. The van der Waals surface area contributed by atoms with Gasteiger partial charge in [0.05, 0.1) is 16.7 Å². The van der Waals surface area contributed by atoms with Crippen molar-refractivity contribution in [3.63, 3.8) is 0 Å². The van der Waals surface area contributed by atoms with Crippen LogP contribution in [-0.2, 0) is 21.7 Å². The summed E-state index contributed by atoms with van der Waals surface area (Å²) >= 11 is 7.62. The van der Waals surface area contributed by atoms with Crippen molar-refractivity contribution < 1.29 is 13.2 Å². The number of benzene rings is 2.